The van der Waals surface area contributed by atoms with Crippen LogP contribution in [0.4, 0.5) is 0 Å². The first kappa shape index (κ1) is 11.2. The molecule has 1 aromatic rings. The molecule has 0 bridgehead atoms. The minimum Gasteiger partial charge on any atom is -0.317 e. The second kappa shape index (κ2) is 4.10. The summed E-state index contributed by atoms with van der Waals surface area (Å²) in [4.78, 5) is 0. The van der Waals surface area contributed by atoms with E-state index in [1.54, 1.807) is 0 Å². The van der Waals surface area contributed by atoms with Crippen LogP contribution in [0.5, 0.6) is 0 Å². The Morgan fingerprint density at radius 3 is 2.53 bits per heavy atom. The summed E-state index contributed by atoms with van der Waals surface area (Å²) in [7, 11) is -2.87. The molecular formula is C13H17NO2S. The van der Waals surface area contributed by atoms with Crippen LogP contribution in [0.15, 0.2) is 18.2 Å². The van der Waals surface area contributed by atoms with Gasteiger partial charge in [-0.1, -0.05) is 18.2 Å². The second-order valence-electron chi connectivity index (χ2n) is 5.08. The summed E-state index contributed by atoms with van der Waals surface area (Å²) in [6.45, 7) is 2.14. The summed E-state index contributed by atoms with van der Waals surface area (Å²) >= 11 is 0. The third-order valence-electron chi connectivity index (χ3n) is 3.79. The van der Waals surface area contributed by atoms with E-state index in [2.05, 4.69) is 17.4 Å². The highest BCUT2D eigenvalue weighted by Crippen LogP contribution is 2.31. The van der Waals surface area contributed by atoms with E-state index < -0.39 is 9.84 Å². The smallest absolute Gasteiger partial charge is 0.158 e. The van der Waals surface area contributed by atoms with Crippen molar-refractivity contribution in [2.24, 2.45) is 0 Å². The van der Waals surface area contributed by atoms with E-state index in [1.807, 2.05) is 6.07 Å². The van der Waals surface area contributed by atoms with Gasteiger partial charge in [-0.25, -0.2) is 8.42 Å². The van der Waals surface area contributed by atoms with Gasteiger partial charge in [0.2, 0.25) is 0 Å². The molecule has 0 unspecified atom stereocenters. The van der Waals surface area contributed by atoms with Gasteiger partial charge in [0.1, 0.15) is 0 Å². The fourth-order valence-corrected chi connectivity index (χ4v) is 4.46. The van der Waals surface area contributed by atoms with Gasteiger partial charge in [-0.05, 0) is 48.5 Å². The van der Waals surface area contributed by atoms with Gasteiger partial charge in [-0.2, -0.15) is 0 Å². The highest BCUT2D eigenvalue weighted by molar-refractivity contribution is 7.90. The molecule has 2 heterocycles. The van der Waals surface area contributed by atoms with E-state index in [0.717, 1.165) is 37.1 Å². The molecule has 0 aromatic heterocycles. The molecule has 4 heteroatoms. The average molecular weight is 251 g/mol. The molecule has 0 radical (unpaired) electrons. The number of benzene rings is 1. The Morgan fingerprint density at radius 1 is 1.06 bits per heavy atom. The van der Waals surface area contributed by atoms with Gasteiger partial charge in [-0.3, -0.25) is 0 Å². The van der Waals surface area contributed by atoms with Crippen LogP contribution in [-0.2, 0) is 21.3 Å². The minimum atomic E-state index is -2.87. The van der Waals surface area contributed by atoms with Crippen LogP contribution in [0.2, 0.25) is 0 Å². The molecule has 92 valence electrons. The van der Waals surface area contributed by atoms with Gasteiger partial charge in [0, 0.05) is 0 Å². The quantitative estimate of drug-likeness (QED) is 0.824. The van der Waals surface area contributed by atoms with Crippen LogP contribution < -0.4 is 5.32 Å². The van der Waals surface area contributed by atoms with Gasteiger partial charge < -0.3 is 5.32 Å². The third-order valence-corrected chi connectivity index (χ3v) is 5.29. The largest absolute Gasteiger partial charge is 0.317 e. The van der Waals surface area contributed by atoms with Gasteiger partial charge in [0.05, 0.1) is 11.5 Å². The molecule has 1 saturated heterocycles. The van der Waals surface area contributed by atoms with Crippen molar-refractivity contribution in [1.29, 1.82) is 0 Å². The Hall–Kier alpha value is -0.870. The summed E-state index contributed by atoms with van der Waals surface area (Å²) in [5.74, 6) is 1.07. The Bertz CT molecular complexity index is 530. The molecule has 0 atom stereocenters. The summed E-state index contributed by atoms with van der Waals surface area (Å²) in [6, 6.07) is 6.25. The van der Waals surface area contributed by atoms with E-state index >= 15 is 0 Å². The molecule has 0 amide bonds. The average Bonchev–Trinajstić information content (AvgIpc) is 2.63. The summed E-state index contributed by atoms with van der Waals surface area (Å²) in [6.07, 6.45) is 2.32. The highest BCUT2D eigenvalue weighted by Gasteiger charge is 2.25. The molecule has 0 saturated carbocycles. The second-order valence-corrected chi connectivity index (χ2v) is 7.15. The maximum atomic E-state index is 11.6. The fourth-order valence-electron chi connectivity index (χ4n) is 2.86. The molecule has 17 heavy (non-hydrogen) atoms. The predicted octanol–water partition coefficient (Wildman–Crippen LogP) is 1.58. The van der Waals surface area contributed by atoms with Gasteiger partial charge >= 0.3 is 0 Å². The maximum Gasteiger partial charge on any atom is 0.158 e. The Balaban J connectivity index is 1.90. The van der Waals surface area contributed by atoms with Crippen molar-refractivity contribution < 1.29 is 8.42 Å². The van der Waals surface area contributed by atoms with Crippen molar-refractivity contribution in [3.05, 3.63) is 34.9 Å². The first-order valence-corrected chi connectivity index (χ1v) is 7.99. The lowest BCUT2D eigenvalue weighted by Crippen LogP contribution is -2.26. The van der Waals surface area contributed by atoms with Gasteiger partial charge in [-0.15, -0.1) is 0 Å². The number of nitrogens with one attached hydrogen (secondary N) is 1. The maximum absolute atomic E-state index is 11.6. The molecule has 3 nitrogen and oxygen atoms in total. The first-order valence-electron chi connectivity index (χ1n) is 6.17. The molecule has 1 aromatic carbocycles. The topological polar surface area (TPSA) is 46.2 Å². The summed E-state index contributed by atoms with van der Waals surface area (Å²) < 4.78 is 23.1. The molecule has 2 aliphatic rings. The van der Waals surface area contributed by atoms with Gasteiger partial charge in [0.15, 0.2) is 9.84 Å². The number of piperidine rings is 1. The van der Waals surface area contributed by atoms with Crippen LogP contribution in [-0.4, -0.2) is 21.5 Å². The highest BCUT2D eigenvalue weighted by atomic mass is 32.2. The zero-order valence-electron chi connectivity index (χ0n) is 9.78. The number of hydrogen-bond acceptors (Lipinski definition) is 3. The summed E-state index contributed by atoms with van der Waals surface area (Å²) in [5, 5.41) is 3.35. The molecule has 0 spiro atoms. The number of sulfone groups is 1. The van der Waals surface area contributed by atoms with E-state index in [0.29, 0.717) is 5.92 Å². The van der Waals surface area contributed by atoms with Crippen molar-refractivity contribution in [3.63, 3.8) is 0 Å². The summed E-state index contributed by atoms with van der Waals surface area (Å²) in [5.41, 5.74) is 3.35. The predicted molar refractivity (Wildman–Crippen MR) is 67.6 cm³/mol. The zero-order valence-corrected chi connectivity index (χ0v) is 10.6. The number of fused-ring (bicyclic) bond motifs is 1. The lowest BCUT2D eigenvalue weighted by atomic mass is 9.89. The Kier molecular flexibility index (Phi) is 2.71. The zero-order chi connectivity index (χ0) is 11.9. The van der Waals surface area contributed by atoms with E-state index in [4.69, 9.17) is 0 Å². The number of hydrogen-bond donors (Lipinski definition) is 1. The van der Waals surface area contributed by atoms with Crippen molar-refractivity contribution in [3.8, 4) is 0 Å². The molecule has 3 rings (SSSR count). The minimum absolute atomic E-state index is 0.231. The molecular weight excluding hydrogens is 234 g/mol. The fraction of sp³-hybridized carbons (Fsp3) is 0.538. The van der Waals surface area contributed by atoms with Crippen LogP contribution in [0.25, 0.3) is 0 Å². The number of rotatable bonds is 1. The van der Waals surface area contributed by atoms with Crippen LogP contribution in [0, 0.1) is 0 Å². The monoisotopic (exact) mass is 251 g/mol. The van der Waals surface area contributed by atoms with Crippen molar-refractivity contribution in [2.45, 2.75) is 30.3 Å². The molecule has 1 N–H and O–H groups in total. The SMILES string of the molecule is O=S1(=O)Cc2ccc(C3CCNCC3)cc2C1. The van der Waals surface area contributed by atoms with Crippen LogP contribution >= 0.6 is 0 Å². The van der Waals surface area contributed by atoms with Crippen molar-refractivity contribution >= 4 is 9.84 Å². The molecule has 1 fully saturated rings. The van der Waals surface area contributed by atoms with Crippen LogP contribution in [0.1, 0.15) is 35.4 Å². The standard InChI is InChI=1S/C13H17NO2S/c15-17(16)8-12-2-1-11(7-13(12)9-17)10-3-5-14-6-4-10/h1-2,7,10,14H,3-6,8-9H2. The molecule has 2 aliphatic heterocycles. The van der Waals surface area contributed by atoms with Crippen molar-refractivity contribution in [2.75, 3.05) is 13.1 Å². The van der Waals surface area contributed by atoms with Crippen molar-refractivity contribution in [1.82, 2.24) is 5.32 Å². The lowest BCUT2D eigenvalue weighted by molar-refractivity contribution is 0.460. The lowest BCUT2D eigenvalue weighted by Gasteiger charge is -2.23. The molecule has 0 aliphatic carbocycles. The van der Waals surface area contributed by atoms with Crippen LogP contribution in [0.3, 0.4) is 0 Å². The third kappa shape index (κ3) is 2.24. The Morgan fingerprint density at radius 2 is 1.76 bits per heavy atom. The normalized spacial score (nSPS) is 23.5. The first-order chi connectivity index (χ1) is 8.14. The Labute approximate surface area is 102 Å². The van der Waals surface area contributed by atoms with E-state index in [-0.39, 0.29) is 11.5 Å². The van der Waals surface area contributed by atoms with Gasteiger partial charge in [0.25, 0.3) is 0 Å². The van der Waals surface area contributed by atoms with E-state index in [1.165, 1.54) is 5.56 Å². The van der Waals surface area contributed by atoms with E-state index in [9.17, 15) is 8.42 Å².